The van der Waals surface area contributed by atoms with E-state index in [1.54, 1.807) is 24.5 Å². The number of alkyl halides is 1. The highest BCUT2D eigenvalue weighted by molar-refractivity contribution is 9.09. The summed E-state index contributed by atoms with van der Waals surface area (Å²) in [4.78, 5) is 14.5. The van der Waals surface area contributed by atoms with Crippen molar-refractivity contribution in [3.05, 3.63) is 30.1 Å². The van der Waals surface area contributed by atoms with Gasteiger partial charge >= 0.3 is 5.97 Å². The Balaban J connectivity index is 1.95. The third kappa shape index (κ3) is 7.98. The first-order valence-corrected chi connectivity index (χ1v) is 8.16. The van der Waals surface area contributed by atoms with E-state index in [0.717, 1.165) is 18.2 Å². The minimum Gasteiger partial charge on any atom is -0.462 e. The molecule has 106 valence electrons. The summed E-state index contributed by atoms with van der Waals surface area (Å²) in [5, 5.41) is 1.11. The molecule has 0 spiro atoms. The number of halogens is 1. The van der Waals surface area contributed by atoms with Gasteiger partial charge in [-0.3, -0.25) is 0 Å². The minimum absolute atomic E-state index is 0.242. The number of nitrogens with one attached hydrogen (secondary N) is 1. The molecule has 1 N–H and O–H groups in total. The first-order valence-electron chi connectivity index (χ1n) is 7.04. The van der Waals surface area contributed by atoms with Crippen molar-refractivity contribution in [3.63, 3.8) is 0 Å². The molecule has 1 rings (SSSR count). The van der Waals surface area contributed by atoms with Crippen molar-refractivity contribution in [2.24, 2.45) is 0 Å². The largest absolute Gasteiger partial charge is 0.462 e. The summed E-state index contributed by atoms with van der Waals surface area (Å²) in [5.41, 5.74) is 0.581. The fourth-order valence-corrected chi connectivity index (χ4v) is 2.25. The molecule has 0 aliphatic heterocycles. The van der Waals surface area contributed by atoms with Crippen LogP contribution < -0.4 is 4.98 Å². The maximum atomic E-state index is 11.6. The predicted molar refractivity (Wildman–Crippen MR) is 79.4 cm³/mol. The van der Waals surface area contributed by atoms with Crippen LogP contribution in [0.15, 0.2) is 24.5 Å². The number of unbranched alkanes of at least 4 members (excludes halogenated alkanes) is 6. The van der Waals surface area contributed by atoms with Gasteiger partial charge in [0.15, 0.2) is 12.4 Å². The molecule has 0 aromatic carbocycles. The number of H-pyrrole nitrogens is 1. The Morgan fingerprint density at radius 2 is 1.79 bits per heavy atom. The van der Waals surface area contributed by atoms with E-state index in [4.69, 9.17) is 4.74 Å². The van der Waals surface area contributed by atoms with Crippen LogP contribution in [0.1, 0.15) is 55.3 Å². The van der Waals surface area contributed by atoms with Crippen LogP contribution in [-0.4, -0.2) is 17.9 Å². The van der Waals surface area contributed by atoms with Crippen LogP contribution in [0.5, 0.6) is 0 Å². The zero-order valence-electron chi connectivity index (χ0n) is 11.4. The highest BCUT2D eigenvalue weighted by atomic mass is 79.9. The lowest BCUT2D eigenvalue weighted by molar-refractivity contribution is -0.378. The van der Waals surface area contributed by atoms with E-state index >= 15 is 0 Å². The fourth-order valence-electron chi connectivity index (χ4n) is 1.85. The maximum absolute atomic E-state index is 11.6. The summed E-state index contributed by atoms with van der Waals surface area (Å²) in [6, 6.07) is 3.55. The number of rotatable bonds is 10. The summed E-state index contributed by atoms with van der Waals surface area (Å²) in [5.74, 6) is -0.242. The molecule has 0 aliphatic rings. The van der Waals surface area contributed by atoms with Crippen LogP contribution >= 0.6 is 15.9 Å². The Bertz CT molecular complexity index is 343. The molecule has 1 aromatic heterocycles. The van der Waals surface area contributed by atoms with Gasteiger partial charge in [-0.1, -0.05) is 48.0 Å². The van der Waals surface area contributed by atoms with Crippen LogP contribution in [0.25, 0.3) is 0 Å². The van der Waals surface area contributed by atoms with Crippen molar-refractivity contribution < 1.29 is 14.5 Å². The van der Waals surface area contributed by atoms with Crippen molar-refractivity contribution in [2.75, 3.05) is 11.9 Å². The van der Waals surface area contributed by atoms with Gasteiger partial charge in [0, 0.05) is 11.4 Å². The Morgan fingerprint density at radius 1 is 1.11 bits per heavy atom. The molecule has 0 unspecified atom stereocenters. The third-order valence-corrected chi connectivity index (χ3v) is 3.51. The zero-order chi connectivity index (χ0) is 13.8. The summed E-state index contributed by atoms with van der Waals surface area (Å²) < 4.78 is 5.21. The molecule has 1 aromatic rings. The summed E-state index contributed by atoms with van der Waals surface area (Å²) in [6.07, 6.45) is 11.9. The number of aromatic amines is 1. The minimum atomic E-state index is -0.242. The highest BCUT2D eigenvalue weighted by Gasteiger charge is 2.08. The van der Waals surface area contributed by atoms with Gasteiger partial charge in [-0.05, 0) is 18.9 Å². The third-order valence-electron chi connectivity index (χ3n) is 2.95. The van der Waals surface area contributed by atoms with E-state index in [1.807, 2.05) is 0 Å². The van der Waals surface area contributed by atoms with Gasteiger partial charge in [0.2, 0.25) is 0 Å². The van der Waals surface area contributed by atoms with Crippen molar-refractivity contribution in [1.29, 1.82) is 0 Å². The predicted octanol–water partition coefficient (Wildman–Crippen LogP) is 3.78. The van der Waals surface area contributed by atoms with Gasteiger partial charge in [-0.25, -0.2) is 9.78 Å². The van der Waals surface area contributed by atoms with Gasteiger partial charge < -0.3 is 4.74 Å². The van der Waals surface area contributed by atoms with E-state index in [-0.39, 0.29) is 5.97 Å². The van der Waals surface area contributed by atoms with Gasteiger partial charge in [-0.15, -0.1) is 0 Å². The van der Waals surface area contributed by atoms with Gasteiger partial charge in [0.1, 0.15) is 5.56 Å². The Kier molecular flexibility index (Phi) is 9.33. The van der Waals surface area contributed by atoms with Crippen molar-refractivity contribution >= 4 is 21.9 Å². The van der Waals surface area contributed by atoms with E-state index < -0.39 is 0 Å². The normalized spacial score (nSPS) is 10.4. The molecule has 4 heteroatoms. The fraction of sp³-hybridized carbons (Fsp3) is 0.600. The first-order chi connectivity index (χ1) is 9.34. The van der Waals surface area contributed by atoms with Crippen LogP contribution in [0.2, 0.25) is 0 Å². The number of hydrogen-bond acceptors (Lipinski definition) is 2. The lowest BCUT2D eigenvalue weighted by Crippen LogP contribution is -2.10. The molecule has 1 heterocycles. The van der Waals surface area contributed by atoms with Crippen LogP contribution in [0.4, 0.5) is 0 Å². The molecule has 0 saturated carbocycles. The number of ether oxygens (including phenoxy) is 1. The molecule has 0 aliphatic carbocycles. The Labute approximate surface area is 123 Å². The van der Waals surface area contributed by atoms with Gasteiger partial charge in [0.25, 0.3) is 0 Å². The zero-order valence-corrected chi connectivity index (χ0v) is 13.0. The van der Waals surface area contributed by atoms with E-state index in [0.29, 0.717) is 12.2 Å². The number of esters is 1. The maximum Gasteiger partial charge on any atom is 0.344 e. The molecule has 0 fully saturated rings. The number of pyridine rings is 1. The molecule has 0 amide bonds. The number of hydrogen-bond donors (Lipinski definition) is 0. The van der Waals surface area contributed by atoms with Crippen molar-refractivity contribution in [2.45, 2.75) is 44.9 Å². The highest BCUT2D eigenvalue weighted by Crippen LogP contribution is 2.08. The molecule has 0 bridgehead atoms. The molecular formula is C15H23BrNO2+. The van der Waals surface area contributed by atoms with E-state index in [1.165, 1.54) is 32.1 Å². The van der Waals surface area contributed by atoms with Crippen LogP contribution in [0.3, 0.4) is 0 Å². The molecule has 0 atom stereocenters. The average Bonchev–Trinajstić information content (AvgIpc) is 2.46. The number of carbonyl (C=O) groups is 1. The number of aromatic nitrogens is 1. The molecular weight excluding hydrogens is 306 g/mol. The van der Waals surface area contributed by atoms with Crippen LogP contribution in [-0.2, 0) is 4.74 Å². The molecule has 0 radical (unpaired) electrons. The average molecular weight is 329 g/mol. The standard InChI is InChI=1S/C15H22BrNO2/c16-10-6-4-2-1-3-5-7-12-19-15(18)14-9-8-11-17-13-14/h8-9,11,13H,1-7,10,12H2/p+1. The monoisotopic (exact) mass is 328 g/mol. The second kappa shape index (κ2) is 11.0. The SMILES string of the molecule is O=C(OCCCCCCCCCBr)c1ccc[nH+]c1. The smallest absolute Gasteiger partial charge is 0.344 e. The van der Waals surface area contributed by atoms with Gasteiger partial charge in [0.05, 0.1) is 6.61 Å². The molecule has 19 heavy (non-hydrogen) atoms. The summed E-state index contributed by atoms with van der Waals surface area (Å²) in [6.45, 7) is 0.523. The van der Waals surface area contributed by atoms with Crippen molar-refractivity contribution in [1.82, 2.24) is 0 Å². The van der Waals surface area contributed by atoms with E-state index in [9.17, 15) is 4.79 Å². The van der Waals surface area contributed by atoms with Gasteiger partial charge in [-0.2, -0.15) is 0 Å². The molecule has 3 nitrogen and oxygen atoms in total. The second-order valence-corrected chi connectivity index (χ2v) is 5.38. The Hall–Kier alpha value is -0.900. The van der Waals surface area contributed by atoms with Crippen LogP contribution in [0, 0.1) is 0 Å². The summed E-state index contributed by atoms with van der Waals surface area (Å²) in [7, 11) is 0. The number of carbonyl (C=O) groups excluding carboxylic acids is 1. The lowest BCUT2D eigenvalue weighted by Gasteiger charge is -2.03. The molecule has 0 saturated heterocycles. The van der Waals surface area contributed by atoms with E-state index in [2.05, 4.69) is 20.9 Å². The summed E-state index contributed by atoms with van der Waals surface area (Å²) >= 11 is 3.43. The van der Waals surface area contributed by atoms with Crippen molar-refractivity contribution in [3.8, 4) is 0 Å². The second-order valence-electron chi connectivity index (χ2n) is 4.59. The quantitative estimate of drug-likeness (QED) is 0.372. The Morgan fingerprint density at radius 3 is 2.42 bits per heavy atom. The lowest BCUT2D eigenvalue weighted by atomic mass is 10.1. The first kappa shape index (κ1) is 16.2. The topological polar surface area (TPSA) is 40.4 Å².